The minimum atomic E-state index is 0. The molecule has 2 heterocycles. The van der Waals surface area contributed by atoms with Crippen LogP contribution in [0.3, 0.4) is 0 Å². The Kier molecular flexibility index (Phi) is 7.67. The van der Waals surface area contributed by atoms with E-state index in [4.69, 9.17) is 0 Å². The van der Waals surface area contributed by atoms with E-state index in [1.807, 2.05) is 0 Å². The Balaban J connectivity index is 0.00000242. The second kappa shape index (κ2) is 8.54. The Labute approximate surface area is 143 Å². The lowest BCUT2D eigenvalue weighted by atomic mass is 9.75. The number of nitrogens with zero attached hydrogens (tertiary/aromatic N) is 1. The van der Waals surface area contributed by atoms with Gasteiger partial charge in [0.15, 0.2) is 0 Å². The summed E-state index contributed by atoms with van der Waals surface area (Å²) in [5.74, 6) is 2.44. The van der Waals surface area contributed by atoms with Crippen LogP contribution in [0, 0.1) is 23.2 Å². The zero-order chi connectivity index (χ0) is 15.5. The molecule has 0 radical (unpaired) electrons. The Morgan fingerprint density at radius 2 is 1.68 bits per heavy atom. The van der Waals surface area contributed by atoms with Crippen LogP contribution in [0.15, 0.2) is 0 Å². The van der Waals surface area contributed by atoms with Crippen molar-refractivity contribution in [3.05, 3.63) is 0 Å². The molecule has 130 valence electrons. The number of rotatable bonds is 3. The number of hydrogen-bond donors (Lipinski definition) is 1. The summed E-state index contributed by atoms with van der Waals surface area (Å²) in [6, 6.07) is 0. The van der Waals surface area contributed by atoms with Gasteiger partial charge >= 0.3 is 0 Å². The van der Waals surface area contributed by atoms with Gasteiger partial charge in [-0.3, -0.25) is 4.79 Å². The van der Waals surface area contributed by atoms with Crippen molar-refractivity contribution < 1.29 is 4.79 Å². The van der Waals surface area contributed by atoms with E-state index >= 15 is 0 Å². The minimum absolute atomic E-state index is 0. The maximum absolute atomic E-state index is 12.5. The summed E-state index contributed by atoms with van der Waals surface area (Å²) in [6.45, 7) is 13.5. The van der Waals surface area contributed by atoms with E-state index in [9.17, 15) is 4.79 Å². The van der Waals surface area contributed by atoms with E-state index in [2.05, 4.69) is 37.9 Å². The van der Waals surface area contributed by atoms with Crippen molar-refractivity contribution in [3.63, 3.8) is 0 Å². The fourth-order valence-corrected chi connectivity index (χ4v) is 3.98. The highest BCUT2D eigenvalue weighted by atomic mass is 35.5. The minimum Gasteiger partial charge on any atom is -0.343 e. The second-order valence-electron chi connectivity index (χ2n) is 8.29. The number of piperidine rings is 2. The first-order valence-electron chi connectivity index (χ1n) is 8.86. The summed E-state index contributed by atoms with van der Waals surface area (Å²) in [4.78, 5) is 14.6. The van der Waals surface area contributed by atoms with Crippen molar-refractivity contribution in [2.24, 2.45) is 23.2 Å². The Morgan fingerprint density at radius 1 is 1.14 bits per heavy atom. The highest BCUT2D eigenvalue weighted by molar-refractivity contribution is 5.85. The van der Waals surface area contributed by atoms with Crippen LogP contribution in [0.2, 0.25) is 0 Å². The molecule has 0 aliphatic carbocycles. The summed E-state index contributed by atoms with van der Waals surface area (Å²) in [6.07, 6.45) is 5.58. The van der Waals surface area contributed by atoms with Crippen molar-refractivity contribution in [1.82, 2.24) is 10.2 Å². The van der Waals surface area contributed by atoms with Gasteiger partial charge in [0, 0.05) is 19.5 Å². The SMILES string of the molecule is CC(CC(=O)N1CCC(C(C)(C)C)CC1)C1CCNCC1.Cl. The molecule has 22 heavy (non-hydrogen) atoms. The van der Waals surface area contributed by atoms with Crippen molar-refractivity contribution in [3.8, 4) is 0 Å². The summed E-state index contributed by atoms with van der Waals surface area (Å²) in [5.41, 5.74) is 0.386. The fourth-order valence-electron chi connectivity index (χ4n) is 3.98. The van der Waals surface area contributed by atoms with Gasteiger partial charge in [-0.2, -0.15) is 0 Å². The number of hydrogen-bond acceptors (Lipinski definition) is 2. The molecule has 0 bridgehead atoms. The Morgan fingerprint density at radius 3 is 2.18 bits per heavy atom. The largest absolute Gasteiger partial charge is 0.343 e. The van der Waals surface area contributed by atoms with Gasteiger partial charge in [0.05, 0.1) is 0 Å². The summed E-state index contributed by atoms with van der Waals surface area (Å²) in [7, 11) is 0. The van der Waals surface area contributed by atoms with Crippen molar-refractivity contribution >= 4 is 18.3 Å². The van der Waals surface area contributed by atoms with Crippen molar-refractivity contribution in [2.45, 2.75) is 59.8 Å². The molecule has 0 saturated carbocycles. The monoisotopic (exact) mass is 330 g/mol. The van der Waals surface area contributed by atoms with Gasteiger partial charge < -0.3 is 10.2 Å². The Hall–Kier alpha value is -0.280. The van der Waals surface area contributed by atoms with Gasteiger partial charge in [0.25, 0.3) is 0 Å². The van der Waals surface area contributed by atoms with Crippen molar-refractivity contribution in [2.75, 3.05) is 26.2 Å². The van der Waals surface area contributed by atoms with E-state index in [1.54, 1.807) is 0 Å². The number of carbonyl (C=O) groups excluding carboxylic acids is 1. The predicted molar refractivity (Wildman–Crippen MR) is 95.4 cm³/mol. The van der Waals surface area contributed by atoms with Crippen LogP contribution in [-0.2, 0) is 4.79 Å². The molecule has 3 nitrogen and oxygen atoms in total. The van der Waals surface area contributed by atoms with Gasteiger partial charge in [-0.05, 0) is 61.9 Å². The highest BCUT2D eigenvalue weighted by Gasteiger charge is 2.31. The number of amides is 1. The third kappa shape index (κ3) is 5.42. The molecule has 0 spiro atoms. The third-order valence-electron chi connectivity index (χ3n) is 5.76. The summed E-state index contributed by atoms with van der Waals surface area (Å²) >= 11 is 0. The van der Waals surface area contributed by atoms with E-state index in [0.717, 1.165) is 44.4 Å². The normalized spacial score (nSPS) is 23.0. The lowest BCUT2D eigenvalue weighted by Gasteiger charge is -2.39. The first kappa shape index (κ1) is 19.8. The lowest BCUT2D eigenvalue weighted by Crippen LogP contribution is -2.42. The number of halogens is 1. The molecule has 1 amide bonds. The molecule has 1 atom stereocenters. The maximum Gasteiger partial charge on any atom is 0.222 e. The molecule has 4 heteroatoms. The fraction of sp³-hybridized carbons (Fsp3) is 0.944. The topological polar surface area (TPSA) is 32.3 Å². The quantitative estimate of drug-likeness (QED) is 0.855. The predicted octanol–water partition coefficient (Wildman–Crippen LogP) is 3.72. The number of carbonyl (C=O) groups is 1. The van der Waals surface area contributed by atoms with E-state index in [1.165, 1.54) is 25.7 Å². The van der Waals surface area contributed by atoms with Crippen LogP contribution in [0.4, 0.5) is 0 Å². The van der Waals surface area contributed by atoms with Gasteiger partial charge in [-0.25, -0.2) is 0 Å². The molecule has 2 saturated heterocycles. The molecule has 2 fully saturated rings. The zero-order valence-corrected chi connectivity index (χ0v) is 15.7. The van der Waals surface area contributed by atoms with Gasteiger partial charge in [-0.1, -0.05) is 27.7 Å². The molecule has 0 aromatic rings. The molecule has 2 rings (SSSR count). The summed E-state index contributed by atoms with van der Waals surface area (Å²) in [5, 5.41) is 3.41. The standard InChI is InChI=1S/C18H34N2O.ClH/c1-14(15-5-9-19-10-6-15)13-17(21)20-11-7-16(8-12-20)18(2,3)4;/h14-16,19H,5-13H2,1-4H3;1H. The molecule has 2 aliphatic rings. The molecular formula is C18H35ClN2O. The van der Waals surface area contributed by atoms with Crippen LogP contribution in [0.25, 0.3) is 0 Å². The van der Waals surface area contributed by atoms with Crippen molar-refractivity contribution in [1.29, 1.82) is 0 Å². The molecular weight excluding hydrogens is 296 g/mol. The number of likely N-dealkylation sites (tertiary alicyclic amines) is 1. The maximum atomic E-state index is 12.5. The van der Waals surface area contributed by atoms with Crippen LogP contribution >= 0.6 is 12.4 Å². The average molecular weight is 331 g/mol. The van der Waals surface area contributed by atoms with E-state index in [0.29, 0.717) is 17.2 Å². The molecule has 0 aromatic heterocycles. The number of nitrogens with one attached hydrogen (secondary N) is 1. The Bertz CT molecular complexity index is 339. The zero-order valence-electron chi connectivity index (χ0n) is 14.9. The lowest BCUT2D eigenvalue weighted by molar-refractivity contribution is -0.134. The third-order valence-corrected chi connectivity index (χ3v) is 5.76. The smallest absolute Gasteiger partial charge is 0.222 e. The van der Waals surface area contributed by atoms with E-state index < -0.39 is 0 Å². The molecule has 1 unspecified atom stereocenters. The van der Waals surface area contributed by atoms with Crippen LogP contribution in [0.5, 0.6) is 0 Å². The van der Waals surface area contributed by atoms with Crippen LogP contribution < -0.4 is 5.32 Å². The van der Waals surface area contributed by atoms with Crippen LogP contribution in [0.1, 0.15) is 59.8 Å². The second-order valence-corrected chi connectivity index (χ2v) is 8.29. The first-order chi connectivity index (χ1) is 9.88. The molecule has 1 N–H and O–H groups in total. The summed E-state index contributed by atoms with van der Waals surface area (Å²) < 4.78 is 0. The average Bonchev–Trinajstić information content (AvgIpc) is 2.47. The first-order valence-corrected chi connectivity index (χ1v) is 8.86. The van der Waals surface area contributed by atoms with E-state index in [-0.39, 0.29) is 12.4 Å². The molecule has 2 aliphatic heterocycles. The van der Waals surface area contributed by atoms with Crippen LogP contribution in [-0.4, -0.2) is 37.0 Å². The highest BCUT2D eigenvalue weighted by Crippen LogP contribution is 2.34. The molecule has 0 aromatic carbocycles. The van der Waals surface area contributed by atoms with Gasteiger partial charge in [0.1, 0.15) is 0 Å². The van der Waals surface area contributed by atoms with Gasteiger partial charge in [-0.15, -0.1) is 12.4 Å². The van der Waals surface area contributed by atoms with Gasteiger partial charge in [0.2, 0.25) is 5.91 Å².